The highest BCUT2D eigenvalue weighted by Gasteiger charge is 2.17. The molecule has 1 fully saturated rings. The van der Waals surface area contributed by atoms with Gasteiger partial charge in [-0.3, -0.25) is 4.79 Å². The smallest absolute Gasteiger partial charge is 0.224 e. The van der Waals surface area contributed by atoms with Crippen molar-refractivity contribution in [1.29, 1.82) is 0 Å². The zero-order valence-corrected chi connectivity index (χ0v) is 18.8. The van der Waals surface area contributed by atoms with Gasteiger partial charge in [-0.05, 0) is 67.1 Å². The van der Waals surface area contributed by atoms with Gasteiger partial charge in [0.1, 0.15) is 5.75 Å². The summed E-state index contributed by atoms with van der Waals surface area (Å²) in [5.41, 5.74) is 3.70. The number of carbonyl (C=O) groups excluding carboxylic acids is 1. The second-order valence-electron chi connectivity index (χ2n) is 8.42. The second-order valence-corrected chi connectivity index (χ2v) is 8.42. The van der Waals surface area contributed by atoms with Gasteiger partial charge in [-0.1, -0.05) is 31.2 Å². The van der Waals surface area contributed by atoms with E-state index in [0.29, 0.717) is 12.8 Å². The number of aryl methyl sites for hydroxylation is 1. The quantitative estimate of drug-likeness (QED) is 0.574. The standard InChI is InChI=1S/C26H30N4O2/c1-19-15-17-30(18-16-19)25-13-12-24(28-29-25)21-6-8-22(9-7-21)27-26(31)14-5-20-3-10-23(32-2)11-4-20/h3-4,6-13,19H,5,14-18H2,1-2H3,(H,27,31). The number of aromatic nitrogens is 2. The Morgan fingerprint density at radius 1 is 1.00 bits per heavy atom. The van der Waals surface area contributed by atoms with E-state index in [9.17, 15) is 4.79 Å². The fourth-order valence-corrected chi connectivity index (χ4v) is 3.88. The summed E-state index contributed by atoms with van der Waals surface area (Å²) < 4.78 is 5.16. The number of amides is 1. The highest BCUT2D eigenvalue weighted by molar-refractivity contribution is 5.91. The highest BCUT2D eigenvalue weighted by atomic mass is 16.5. The Kier molecular flexibility index (Phi) is 7.00. The molecule has 6 heteroatoms. The molecule has 0 saturated carbocycles. The van der Waals surface area contributed by atoms with Gasteiger partial charge in [-0.15, -0.1) is 10.2 Å². The molecule has 166 valence electrons. The van der Waals surface area contributed by atoms with Crippen molar-refractivity contribution in [2.45, 2.75) is 32.6 Å². The number of hydrogen-bond donors (Lipinski definition) is 1. The molecule has 0 radical (unpaired) electrons. The highest BCUT2D eigenvalue weighted by Crippen LogP contribution is 2.24. The van der Waals surface area contributed by atoms with Crippen LogP contribution in [-0.2, 0) is 11.2 Å². The van der Waals surface area contributed by atoms with Gasteiger partial charge in [0, 0.05) is 30.8 Å². The first-order valence-corrected chi connectivity index (χ1v) is 11.2. The molecule has 2 aromatic carbocycles. The van der Waals surface area contributed by atoms with Crippen LogP contribution >= 0.6 is 0 Å². The molecule has 1 aliphatic heterocycles. The summed E-state index contributed by atoms with van der Waals surface area (Å²) in [6, 6.07) is 19.6. The Morgan fingerprint density at radius 2 is 1.72 bits per heavy atom. The monoisotopic (exact) mass is 430 g/mol. The van der Waals surface area contributed by atoms with E-state index >= 15 is 0 Å². The average Bonchev–Trinajstić information content (AvgIpc) is 2.84. The minimum atomic E-state index is -0.00596. The molecule has 0 spiro atoms. The summed E-state index contributed by atoms with van der Waals surface area (Å²) in [6.07, 6.45) is 3.52. The number of nitrogens with zero attached hydrogens (tertiary/aromatic N) is 3. The van der Waals surface area contributed by atoms with Crippen molar-refractivity contribution in [3.63, 3.8) is 0 Å². The lowest BCUT2D eigenvalue weighted by Crippen LogP contribution is -2.33. The molecule has 32 heavy (non-hydrogen) atoms. The van der Waals surface area contributed by atoms with E-state index in [0.717, 1.165) is 53.1 Å². The number of ether oxygens (including phenoxy) is 1. The first-order valence-electron chi connectivity index (χ1n) is 11.2. The molecular formula is C26H30N4O2. The minimum Gasteiger partial charge on any atom is -0.497 e. The lowest BCUT2D eigenvalue weighted by molar-refractivity contribution is -0.116. The van der Waals surface area contributed by atoms with Crippen molar-refractivity contribution in [3.8, 4) is 17.0 Å². The first kappa shape index (κ1) is 21.8. The van der Waals surface area contributed by atoms with Crippen molar-refractivity contribution in [3.05, 3.63) is 66.2 Å². The van der Waals surface area contributed by atoms with Gasteiger partial charge in [0.2, 0.25) is 5.91 Å². The Hall–Kier alpha value is -3.41. The van der Waals surface area contributed by atoms with Crippen molar-refractivity contribution in [2.75, 3.05) is 30.4 Å². The Bertz CT molecular complexity index is 1010. The third kappa shape index (κ3) is 5.63. The molecule has 2 heterocycles. The fourth-order valence-electron chi connectivity index (χ4n) is 3.88. The molecule has 1 N–H and O–H groups in total. The SMILES string of the molecule is COc1ccc(CCC(=O)Nc2ccc(-c3ccc(N4CCC(C)CC4)nn3)cc2)cc1. The molecule has 3 aromatic rings. The van der Waals surface area contributed by atoms with Crippen LogP contribution in [0.2, 0.25) is 0 Å². The zero-order valence-electron chi connectivity index (χ0n) is 18.8. The van der Waals surface area contributed by atoms with Crippen LogP contribution in [0.25, 0.3) is 11.3 Å². The van der Waals surface area contributed by atoms with Gasteiger partial charge >= 0.3 is 0 Å². The van der Waals surface area contributed by atoms with Crippen molar-refractivity contribution in [2.24, 2.45) is 5.92 Å². The molecule has 4 rings (SSSR count). The maximum absolute atomic E-state index is 12.3. The van der Waals surface area contributed by atoms with Crippen LogP contribution in [0, 0.1) is 5.92 Å². The molecule has 0 aliphatic carbocycles. The number of carbonyl (C=O) groups is 1. The van der Waals surface area contributed by atoms with E-state index < -0.39 is 0 Å². The Balaban J connectivity index is 1.30. The molecule has 1 aliphatic rings. The van der Waals surface area contributed by atoms with Gasteiger partial charge in [0.15, 0.2) is 5.82 Å². The molecule has 1 saturated heterocycles. The van der Waals surface area contributed by atoms with Crippen LogP contribution in [0.1, 0.15) is 31.7 Å². The summed E-state index contributed by atoms with van der Waals surface area (Å²) in [5.74, 6) is 2.55. The Labute approximate surface area is 189 Å². The van der Waals surface area contributed by atoms with E-state index in [4.69, 9.17) is 4.74 Å². The van der Waals surface area contributed by atoms with Gasteiger partial charge in [-0.25, -0.2) is 0 Å². The van der Waals surface area contributed by atoms with Crippen LogP contribution in [0.5, 0.6) is 5.75 Å². The molecule has 1 amide bonds. The lowest BCUT2D eigenvalue weighted by Gasteiger charge is -2.30. The van der Waals surface area contributed by atoms with Gasteiger partial charge in [-0.2, -0.15) is 0 Å². The number of methoxy groups -OCH3 is 1. The number of anilines is 2. The largest absolute Gasteiger partial charge is 0.497 e. The molecule has 1 aromatic heterocycles. The summed E-state index contributed by atoms with van der Waals surface area (Å²) in [5, 5.41) is 11.8. The van der Waals surface area contributed by atoms with Crippen LogP contribution < -0.4 is 15.0 Å². The van der Waals surface area contributed by atoms with Crippen LogP contribution in [-0.4, -0.2) is 36.3 Å². The molecule has 0 bridgehead atoms. The van der Waals surface area contributed by atoms with E-state index in [1.165, 1.54) is 12.8 Å². The minimum absolute atomic E-state index is 0.00596. The van der Waals surface area contributed by atoms with Gasteiger partial charge in [0.05, 0.1) is 12.8 Å². The van der Waals surface area contributed by atoms with Crippen LogP contribution in [0.4, 0.5) is 11.5 Å². The van der Waals surface area contributed by atoms with Crippen molar-refractivity contribution in [1.82, 2.24) is 10.2 Å². The maximum Gasteiger partial charge on any atom is 0.224 e. The van der Waals surface area contributed by atoms with E-state index in [1.54, 1.807) is 7.11 Å². The lowest BCUT2D eigenvalue weighted by atomic mass is 9.99. The molecule has 0 unspecified atom stereocenters. The van der Waals surface area contributed by atoms with Crippen molar-refractivity contribution >= 4 is 17.4 Å². The number of piperidine rings is 1. The number of hydrogen-bond acceptors (Lipinski definition) is 5. The maximum atomic E-state index is 12.3. The summed E-state index contributed by atoms with van der Waals surface area (Å²) in [4.78, 5) is 14.6. The van der Waals surface area contributed by atoms with Gasteiger partial charge in [0.25, 0.3) is 0 Å². The molecule has 0 atom stereocenters. The van der Waals surface area contributed by atoms with E-state index in [1.807, 2.05) is 60.7 Å². The summed E-state index contributed by atoms with van der Waals surface area (Å²) in [7, 11) is 1.64. The topological polar surface area (TPSA) is 67.3 Å². The first-order chi connectivity index (χ1) is 15.6. The molecular weight excluding hydrogens is 400 g/mol. The third-order valence-corrected chi connectivity index (χ3v) is 6.02. The zero-order chi connectivity index (χ0) is 22.3. The van der Waals surface area contributed by atoms with E-state index in [2.05, 4.69) is 27.3 Å². The van der Waals surface area contributed by atoms with E-state index in [-0.39, 0.29) is 5.91 Å². The third-order valence-electron chi connectivity index (χ3n) is 6.02. The van der Waals surface area contributed by atoms with Crippen molar-refractivity contribution < 1.29 is 9.53 Å². The Morgan fingerprint density at radius 3 is 2.34 bits per heavy atom. The predicted molar refractivity (Wildman–Crippen MR) is 128 cm³/mol. The average molecular weight is 431 g/mol. The molecule has 6 nitrogen and oxygen atoms in total. The normalized spacial score (nSPS) is 14.2. The number of rotatable bonds is 7. The summed E-state index contributed by atoms with van der Waals surface area (Å²) in [6.45, 7) is 4.39. The van der Waals surface area contributed by atoms with Gasteiger partial charge < -0.3 is 15.0 Å². The predicted octanol–water partition coefficient (Wildman–Crippen LogP) is 4.96. The summed E-state index contributed by atoms with van der Waals surface area (Å²) >= 11 is 0. The fraction of sp³-hybridized carbons (Fsp3) is 0.346. The van der Waals surface area contributed by atoms with Crippen LogP contribution in [0.15, 0.2) is 60.7 Å². The second kappa shape index (κ2) is 10.3. The van der Waals surface area contributed by atoms with Crippen LogP contribution in [0.3, 0.4) is 0 Å². The number of benzene rings is 2. The number of nitrogens with one attached hydrogen (secondary N) is 1.